The first-order valence-corrected chi connectivity index (χ1v) is 10.1. The summed E-state index contributed by atoms with van der Waals surface area (Å²) in [5.41, 5.74) is 2.70. The number of nitrogens with zero attached hydrogens (tertiary/aromatic N) is 1. The molecule has 0 radical (unpaired) electrons. The fourth-order valence-corrected chi connectivity index (χ4v) is 6.36. The van der Waals surface area contributed by atoms with Gasteiger partial charge in [0.2, 0.25) is 0 Å². The molecule has 0 bridgehead atoms. The molecule has 2 aliphatic heterocycles. The van der Waals surface area contributed by atoms with Gasteiger partial charge < -0.3 is 0 Å². The zero-order valence-electron chi connectivity index (χ0n) is 13.2. The maximum absolute atomic E-state index is 2.66. The molecule has 0 amide bonds. The van der Waals surface area contributed by atoms with Gasteiger partial charge in [-0.15, -0.1) is 0 Å². The Morgan fingerprint density at radius 3 is 1.61 bits per heavy atom. The molecule has 0 N–H and O–H groups in total. The molecular formula is C20H21NS2. The lowest BCUT2D eigenvalue weighted by Crippen LogP contribution is -2.34. The smallest absolute Gasteiger partial charge is 0.112 e. The summed E-state index contributed by atoms with van der Waals surface area (Å²) in [6, 6.07) is 21.7. The van der Waals surface area contributed by atoms with Gasteiger partial charge in [0, 0.05) is 22.9 Å². The molecule has 0 spiro atoms. The van der Waals surface area contributed by atoms with E-state index in [2.05, 4.69) is 65.6 Å². The van der Waals surface area contributed by atoms with Crippen molar-refractivity contribution < 1.29 is 0 Å². The average molecular weight is 340 g/mol. The highest BCUT2D eigenvalue weighted by atomic mass is 32.2. The van der Waals surface area contributed by atoms with Crippen LogP contribution in [-0.4, -0.2) is 22.7 Å². The molecule has 2 aromatic carbocycles. The summed E-state index contributed by atoms with van der Waals surface area (Å²) < 4.78 is 0.528. The van der Waals surface area contributed by atoms with Gasteiger partial charge in [-0.1, -0.05) is 90.6 Å². The van der Waals surface area contributed by atoms with Crippen molar-refractivity contribution in [2.45, 2.75) is 24.0 Å². The SMILES string of the molecule is c1ccc(C2=C(c3ccccc3)SC(N3CCCCC3)S2)cc1. The predicted octanol–water partition coefficient (Wildman–Crippen LogP) is 5.76. The van der Waals surface area contributed by atoms with Gasteiger partial charge in [0.05, 0.1) is 0 Å². The van der Waals surface area contributed by atoms with Gasteiger partial charge in [0.1, 0.15) is 4.71 Å². The van der Waals surface area contributed by atoms with Crippen LogP contribution in [0.5, 0.6) is 0 Å². The Kier molecular flexibility index (Phi) is 4.79. The maximum Gasteiger partial charge on any atom is 0.112 e. The molecule has 1 saturated heterocycles. The number of hydrogen-bond donors (Lipinski definition) is 0. The molecule has 0 aromatic heterocycles. The number of likely N-dealkylation sites (tertiary alicyclic amines) is 1. The number of piperidine rings is 1. The molecule has 2 aromatic rings. The lowest BCUT2D eigenvalue weighted by Gasteiger charge is -2.31. The molecule has 0 atom stereocenters. The molecule has 0 aliphatic carbocycles. The van der Waals surface area contributed by atoms with E-state index in [-0.39, 0.29) is 0 Å². The minimum Gasteiger partial charge on any atom is -0.283 e. The molecule has 2 heterocycles. The van der Waals surface area contributed by atoms with E-state index < -0.39 is 0 Å². The Balaban J connectivity index is 1.67. The van der Waals surface area contributed by atoms with E-state index in [1.165, 1.54) is 53.3 Å². The topological polar surface area (TPSA) is 3.24 Å². The highest BCUT2D eigenvalue weighted by molar-refractivity contribution is 8.29. The van der Waals surface area contributed by atoms with Crippen molar-refractivity contribution in [3.8, 4) is 0 Å². The molecule has 23 heavy (non-hydrogen) atoms. The Hall–Kier alpha value is -1.16. The molecule has 3 heteroatoms. The van der Waals surface area contributed by atoms with E-state index in [9.17, 15) is 0 Å². The first kappa shape index (κ1) is 15.4. The maximum atomic E-state index is 2.66. The lowest BCUT2D eigenvalue weighted by molar-refractivity contribution is 0.253. The lowest BCUT2D eigenvalue weighted by atomic mass is 10.1. The van der Waals surface area contributed by atoms with Crippen molar-refractivity contribution in [1.82, 2.24) is 4.90 Å². The van der Waals surface area contributed by atoms with Gasteiger partial charge in [-0.05, 0) is 24.0 Å². The standard InChI is InChI=1S/C20H21NS2/c1-4-10-16(11-5-1)18-19(17-12-6-2-7-13-17)23-20(22-18)21-14-8-3-9-15-21/h1-2,4-7,10-13,20H,3,8-9,14-15H2. The highest BCUT2D eigenvalue weighted by Crippen LogP contribution is 2.55. The monoisotopic (exact) mass is 339 g/mol. The van der Waals surface area contributed by atoms with E-state index in [0.29, 0.717) is 4.71 Å². The number of thioether (sulfide) groups is 2. The molecule has 2 aliphatic rings. The minimum atomic E-state index is 0.528. The average Bonchev–Trinajstić information content (AvgIpc) is 3.09. The summed E-state index contributed by atoms with van der Waals surface area (Å²) in [7, 11) is 0. The van der Waals surface area contributed by atoms with E-state index in [4.69, 9.17) is 0 Å². The molecule has 1 fully saturated rings. The fourth-order valence-electron chi connectivity index (χ4n) is 3.19. The second kappa shape index (κ2) is 7.16. The Bertz CT molecular complexity index is 624. The van der Waals surface area contributed by atoms with E-state index >= 15 is 0 Å². The van der Waals surface area contributed by atoms with Crippen LogP contribution in [0, 0.1) is 0 Å². The van der Waals surface area contributed by atoms with Crippen LogP contribution >= 0.6 is 23.5 Å². The molecule has 4 rings (SSSR count). The zero-order valence-corrected chi connectivity index (χ0v) is 14.8. The third-order valence-electron chi connectivity index (χ3n) is 4.40. The minimum absolute atomic E-state index is 0.528. The fraction of sp³-hybridized carbons (Fsp3) is 0.300. The zero-order chi connectivity index (χ0) is 15.5. The van der Waals surface area contributed by atoms with Crippen LogP contribution in [0.1, 0.15) is 30.4 Å². The van der Waals surface area contributed by atoms with Gasteiger partial charge in [-0.2, -0.15) is 0 Å². The third kappa shape index (κ3) is 3.37. The number of hydrogen-bond acceptors (Lipinski definition) is 3. The van der Waals surface area contributed by atoms with E-state index in [1.54, 1.807) is 0 Å². The molecule has 0 unspecified atom stereocenters. The van der Waals surface area contributed by atoms with Crippen molar-refractivity contribution in [3.05, 3.63) is 71.8 Å². The summed E-state index contributed by atoms with van der Waals surface area (Å²) in [5, 5.41) is 0. The van der Waals surface area contributed by atoms with Crippen molar-refractivity contribution in [3.63, 3.8) is 0 Å². The van der Waals surface area contributed by atoms with Gasteiger partial charge >= 0.3 is 0 Å². The Labute approximate surface area is 147 Å². The number of benzene rings is 2. The van der Waals surface area contributed by atoms with E-state index in [1.807, 2.05) is 23.5 Å². The normalized spacial score (nSPS) is 20.2. The summed E-state index contributed by atoms with van der Waals surface area (Å²) in [6.07, 6.45) is 4.08. The Morgan fingerprint density at radius 1 is 0.652 bits per heavy atom. The van der Waals surface area contributed by atoms with Crippen LogP contribution in [0.3, 0.4) is 0 Å². The van der Waals surface area contributed by atoms with Crippen LogP contribution in [-0.2, 0) is 0 Å². The molecule has 1 nitrogen and oxygen atoms in total. The van der Waals surface area contributed by atoms with Crippen molar-refractivity contribution in [1.29, 1.82) is 0 Å². The van der Waals surface area contributed by atoms with Crippen LogP contribution in [0.2, 0.25) is 0 Å². The number of rotatable bonds is 3. The first-order valence-electron chi connectivity index (χ1n) is 8.34. The second-order valence-electron chi connectivity index (χ2n) is 6.03. The second-order valence-corrected chi connectivity index (χ2v) is 8.51. The summed E-state index contributed by atoms with van der Waals surface area (Å²) >= 11 is 4.08. The summed E-state index contributed by atoms with van der Waals surface area (Å²) in [4.78, 5) is 5.55. The van der Waals surface area contributed by atoms with Gasteiger partial charge in [0.15, 0.2) is 0 Å². The quantitative estimate of drug-likeness (QED) is 0.699. The van der Waals surface area contributed by atoms with Crippen LogP contribution in [0.25, 0.3) is 9.81 Å². The Morgan fingerprint density at radius 2 is 1.13 bits per heavy atom. The van der Waals surface area contributed by atoms with Crippen molar-refractivity contribution in [2.24, 2.45) is 0 Å². The summed E-state index contributed by atoms with van der Waals surface area (Å²) in [6.45, 7) is 2.49. The van der Waals surface area contributed by atoms with Crippen LogP contribution < -0.4 is 0 Å². The first-order chi connectivity index (χ1) is 11.4. The predicted molar refractivity (Wildman–Crippen MR) is 104 cm³/mol. The molecular weight excluding hydrogens is 318 g/mol. The highest BCUT2D eigenvalue weighted by Gasteiger charge is 2.32. The van der Waals surface area contributed by atoms with Crippen LogP contribution in [0.4, 0.5) is 0 Å². The largest absolute Gasteiger partial charge is 0.283 e. The van der Waals surface area contributed by atoms with Gasteiger partial charge in [-0.3, -0.25) is 4.90 Å². The summed E-state index contributed by atoms with van der Waals surface area (Å²) in [5.74, 6) is 0. The molecule has 118 valence electrons. The van der Waals surface area contributed by atoms with Crippen molar-refractivity contribution >= 4 is 33.3 Å². The molecule has 0 saturated carbocycles. The van der Waals surface area contributed by atoms with Gasteiger partial charge in [0.25, 0.3) is 0 Å². The van der Waals surface area contributed by atoms with Crippen molar-refractivity contribution in [2.75, 3.05) is 13.1 Å². The van der Waals surface area contributed by atoms with Crippen LogP contribution in [0.15, 0.2) is 60.7 Å². The van der Waals surface area contributed by atoms with E-state index in [0.717, 1.165) is 0 Å². The third-order valence-corrected chi connectivity index (χ3v) is 7.46. The van der Waals surface area contributed by atoms with Gasteiger partial charge in [-0.25, -0.2) is 0 Å².